The van der Waals surface area contributed by atoms with Crippen LogP contribution in [0, 0.1) is 12.8 Å². The monoisotopic (exact) mass is 469 g/mol. The lowest BCUT2D eigenvalue weighted by atomic mass is 9.97. The Labute approximate surface area is 197 Å². The second kappa shape index (κ2) is 10.8. The molecule has 10 nitrogen and oxygen atoms in total. The predicted molar refractivity (Wildman–Crippen MR) is 122 cm³/mol. The maximum absolute atomic E-state index is 12.7. The largest absolute Gasteiger partial charge is 0.476 e. The number of aromatic nitrogens is 1. The van der Waals surface area contributed by atoms with Crippen molar-refractivity contribution >= 4 is 23.5 Å². The standard InChI is InChI=1S/C24H27N3O7/c1-15-9-12-17(13-25-15)24(2,23(30)31-3)34-27-21(33-14-16-10-11-16)19-8-6-5-7-18(19)20(22(28)29)26-32-4/h5-9,12-13,16H,10-11,14H2,1-4H3,(H,28,29). The van der Waals surface area contributed by atoms with Gasteiger partial charge in [-0.3, -0.25) is 4.98 Å². The molecule has 0 bridgehead atoms. The number of esters is 1. The zero-order chi connectivity index (χ0) is 24.7. The lowest BCUT2D eigenvalue weighted by molar-refractivity contribution is -0.169. The van der Waals surface area contributed by atoms with Crippen molar-refractivity contribution in [2.45, 2.75) is 32.3 Å². The van der Waals surface area contributed by atoms with Crippen LogP contribution in [0.2, 0.25) is 0 Å². The van der Waals surface area contributed by atoms with Crippen molar-refractivity contribution in [2.24, 2.45) is 16.2 Å². The van der Waals surface area contributed by atoms with Crippen LogP contribution in [0.25, 0.3) is 0 Å². The summed E-state index contributed by atoms with van der Waals surface area (Å²) in [4.78, 5) is 39.2. The highest BCUT2D eigenvalue weighted by Crippen LogP contribution is 2.30. The Hall–Kier alpha value is -3.95. The SMILES string of the molecule is CON=C(C(=O)O)c1ccccc1C(=NOC(C)(C(=O)OC)c1ccc(C)nc1)OCC1CC1. The lowest BCUT2D eigenvalue weighted by Crippen LogP contribution is -2.36. The van der Waals surface area contributed by atoms with Gasteiger partial charge in [-0.05, 0) is 49.9 Å². The molecule has 0 spiro atoms. The Bertz CT molecular complexity index is 1090. The van der Waals surface area contributed by atoms with Crippen molar-refractivity contribution in [1.82, 2.24) is 4.98 Å². The number of nitrogens with zero attached hydrogens (tertiary/aromatic N) is 3. The number of aliphatic carboxylic acids is 1. The number of carbonyl (C=O) groups is 2. The summed E-state index contributed by atoms with van der Waals surface area (Å²) < 4.78 is 10.9. The summed E-state index contributed by atoms with van der Waals surface area (Å²) in [5.41, 5.74) is -0.243. The van der Waals surface area contributed by atoms with E-state index in [2.05, 4.69) is 15.3 Å². The second-order valence-corrected chi connectivity index (χ2v) is 7.93. The Kier molecular flexibility index (Phi) is 7.83. The zero-order valence-corrected chi connectivity index (χ0v) is 19.5. The molecule has 0 saturated heterocycles. The summed E-state index contributed by atoms with van der Waals surface area (Å²) in [5, 5.41) is 17.4. The normalized spacial score (nSPS) is 15.8. The van der Waals surface area contributed by atoms with Gasteiger partial charge < -0.3 is 24.3 Å². The second-order valence-electron chi connectivity index (χ2n) is 7.93. The van der Waals surface area contributed by atoms with Crippen molar-refractivity contribution in [3.05, 3.63) is 65.0 Å². The summed E-state index contributed by atoms with van der Waals surface area (Å²) in [6, 6.07) is 9.97. The minimum Gasteiger partial charge on any atom is -0.476 e. The molecule has 1 atom stereocenters. The average Bonchev–Trinajstić information content (AvgIpc) is 3.67. The first-order chi connectivity index (χ1) is 16.3. The summed E-state index contributed by atoms with van der Waals surface area (Å²) >= 11 is 0. The van der Waals surface area contributed by atoms with Gasteiger partial charge in [0.05, 0.1) is 13.7 Å². The van der Waals surface area contributed by atoms with Gasteiger partial charge in [-0.15, -0.1) is 0 Å². The quantitative estimate of drug-likeness (QED) is 0.243. The number of rotatable bonds is 10. The summed E-state index contributed by atoms with van der Waals surface area (Å²) in [6.45, 7) is 3.69. The summed E-state index contributed by atoms with van der Waals surface area (Å²) in [7, 11) is 2.50. The minimum absolute atomic E-state index is 0.00255. The van der Waals surface area contributed by atoms with E-state index in [4.69, 9.17) is 19.1 Å². The van der Waals surface area contributed by atoms with E-state index in [0.717, 1.165) is 18.5 Å². The molecule has 1 saturated carbocycles. The van der Waals surface area contributed by atoms with Gasteiger partial charge in [-0.25, -0.2) is 9.59 Å². The van der Waals surface area contributed by atoms with Gasteiger partial charge in [0.25, 0.3) is 11.5 Å². The predicted octanol–water partition coefficient (Wildman–Crippen LogP) is 3.02. The van der Waals surface area contributed by atoms with Crippen LogP contribution in [0.15, 0.2) is 52.9 Å². The minimum atomic E-state index is -1.63. The molecule has 1 N–H and O–H groups in total. The summed E-state index contributed by atoms with van der Waals surface area (Å²) in [6.07, 6.45) is 3.56. The van der Waals surface area contributed by atoms with Gasteiger partial charge in [0.1, 0.15) is 7.11 Å². The number of pyridine rings is 1. The molecule has 34 heavy (non-hydrogen) atoms. The topological polar surface area (TPSA) is 129 Å². The molecule has 1 fully saturated rings. The number of hydrogen-bond donors (Lipinski definition) is 1. The van der Waals surface area contributed by atoms with Crippen molar-refractivity contribution < 1.29 is 33.8 Å². The van der Waals surface area contributed by atoms with Gasteiger partial charge in [0.15, 0.2) is 5.71 Å². The van der Waals surface area contributed by atoms with E-state index in [1.807, 2.05) is 6.92 Å². The van der Waals surface area contributed by atoms with Crippen molar-refractivity contribution in [1.29, 1.82) is 0 Å². The average molecular weight is 469 g/mol. The number of hydrogen-bond acceptors (Lipinski definition) is 9. The molecule has 1 unspecified atom stereocenters. The first kappa shape index (κ1) is 24.7. The van der Waals surface area contributed by atoms with E-state index < -0.39 is 17.5 Å². The Morgan fingerprint density at radius 3 is 2.38 bits per heavy atom. The highest BCUT2D eigenvalue weighted by atomic mass is 16.7. The molecular weight excluding hydrogens is 442 g/mol. The Balaban J connectivity index is 2.06. The molecule has 10 heteroatoms. The molecule has 1 aromatic heterocycles. The van der Waals surface area contributed by atoms with Crippen LogP contribution >= 0.6 is 0 Å². The molecule has 1 aromatic carbocycles. The van der Waals surface area contributed by atoms with E-state index in [-0.39, 0.29) is 17.2 Å². The van der Waals surface area contributed by atoms with Crippen molar-refractivity contribution in [3.63, 3.8) is 0 Å². The lowest BCUT2D eigenvalue weighted by Gasteiger charge is -2.25. The van der Waals surface area contributed by atoms with Crippen molar-refractivity contribution in [3.8, 4) is 0 Å². The van der Waals surface area contributed by atoms with Crippen LogP contribution in [0.4, 0.5) is 0 Å². The molecule has 0 radical (unpaired) electrons. The molecule has 0 aliphatic heterocycles. The number of carboxylic acid groups (broad SMARTS) is 1. The molecule has 1 aliphatic rings. The third-order valence-electron chi connectivity index (χ3n) is 5.30. The maximum Gasteiger partial charge on any atom is 0.358 e. The molecule has 2 aromatic rings. The Morgan fingerprint density at radius 1 is 1.12 bits per heavy atom. The molecular formula is C24H27N3O7. The number of carboxylic acids is 1. The molecule has 180 valence electrons. The van der Waals surface area contributed by atoms with E-state index in [9.17, 15) is 14.7 Å². The van der Waals surface area contributed by atoms with E-state index in [0.29, 0.717) is 23.7 Å². The van der Waals surface area contributed by atoms with Gasteiger partial charge >= 0.3 is 11.9 Å². The molecule has 3 rings (SSSR count). The third kappa shape index (κ3) is 5.69. The van der Waals surface area contributed by atoms with Crippen LogP contribution < -0.4 is 0 Å². The van der Waals surface area contributed by atoms with Crippen molar-refractivity contribution in [2.75, 3.05) is 20.8 Å². The number of oxime groups is 2. The number of benzene rings is 1. The number of aryl methyl sites for hydroxylation is 1. The fourth-order valence-electron chi connectivity index (χ4n) is 3.09. The van der Waals surface area contributed by atoms with E-state index >= 15 is 0 Å². The zero-order valence-electron chi connectivity index (χ0n) is 19.5. The molecule has 1 aliphatic carbocycles. The van der Waals surface area contributed by atoms with Crippen LogP contribution in [0.5, 0.6) is 0 Å². The van der Waals surface area contributed by atoms with Crippen LogP contribution in [0.1, 0.15) is 42.1 Å². The van der Waals surface area contributed by atoms with E-state index in [1.54, 1.807) is 36.4 Å². The van der Waals surface area contributed by atoms with Crippen LogP contribution in [-0.4, -0.2) is 54.5 Å². The fraction of sp³-hybridized carbons (Fsp3) is 0.375. The maximum atomic E-state index is 12.7. The molecule has 1 heterocycles. The summed E-state index contributed by atoms with van der Waals surface area (Å²) in [5.74, 6) is -1.61. The van der Waals surface area contributed by atoms with Crippen LogP contribution in [0.3, 0.4) is 0 Å². The smallest absolute Gasteiger partial charge is 0.358 e. The molecule has 0 amide bonds. The number of carbonyl (C=O) groups excluding carboxylic acids is 1. The number of ether oxygens (including phenoxy) is 2. The van der Waals surface area contributed by atoms with Gasteiger partial charge in [0, 0.05) is 28.6 Å². The van der Waals surface area contributed by atoms with Crippen LogP contribution in [-0.2, 0) is 34.3 Å². The highest BCUT2D eigenvalue weighted by molar-refractivity contribution is 6.43. The van der Waals surface area contributed by atoms with E-state index in [1.165, 1.54) is 27.3 Å². The number of methoxy groups -OCH3 is 1. The highest BCUT2D eigenvalue weighted by Gasteiger charge is 2.41. The fourth-order valence-corrected chi connectivity index (χ4v) is 3.09. The third-order valence-corrected chi connectivity index (χ3v) is 5.30. The van der Waals surface area contributed by atoms with Gasteiger partial charge in [-0.2, -0.15) is 0 Å². The Morgan fingerprint density at radius 2 is 1.82 bits per heavy atom. The van der Waals surface area contributed by atoms with Gasteiger partial charge in [0.2, 0.25) is 0 Å². The first-order valence-corrected chi connectivity index (χ1v) is 10.6. The van der Waals surface area contributed by atoms with Gasteiger partial charge in [-0.1, -0.05) is 29.4 Å². The first-order valence-electron chi connectivity index (χ1n) is 10.6.